The average molecular weight is 256 g/mol. The molecule has 0 atom stereocenters. The van der Waals surface area contributed by atoms with E-state index in [-0.39, 0.29) is 5.54 Å². The first-order valence-corrected chi connectivity index (χ1v) is 6.12. The van der Waals surface area contributed by atoms with Crippen LogP contribution in [0.5, 0.6) is 0 Å². The number of nitrogens with two attached hydrogens (primary N) is 1. The van der Waals surface area contributed by atoms with E-state index in [0.29, 0.717) is 24.8 Å². The highest BCUT2D eigenvalue weighted by atomic mass is 35.5. The summed E-state index contributed by atoms with van der Waals surface area (Å²) in [6.45, 7) is 6.91. The number of rotatable bonds is 2. The van der Waals surface area contributed by atoms with Crippen molar-refractivity contribution in [3.05, 3.63) is 22.8 Å². The van der Waals surface area contributed by atoms with Crippen molar-refractivity contribution >= 4 is 17.4 Å². The number of ether oxygens (including phenoxy) is 1. The van der Waals surface area contributed by atoms with Gasteiger partial charge in [0, 0.05) is 19.3 Å². The first kappa shape index (κ1) is 12.6. The Hall–Kier alpha value is -0.840. The number of nitrogens with zero attached hydrogens (tertiary/aromatic N) is 2. The van der Waals surface area contributed by atoms with Gasteiger partial charge >= 0.3 is 0 Å². The fraction of sp³-hybridized carbons (Fsp3) is 0.583. The number of hydrogen-bond donors (Lipinski definition) is 1. The summed E-state index contributed by atoms with van der Waals surface area (Å²) in [5.41, 5.74) is 6.43. The van der Waals surface area contributed by atoms with E-state index in [1.165, 1.54) is 0 Å². The molecule has 1 aromatic rings. The smallest absolute Gasteiger partial charge is 0.147 e. The Balaban J connectivity index is 2.32. The molecule has 0 aromatic carbocycles. The Labute approximate surface area is 107 Å². The van der Waals surface area contributed by atoms with Gasteiger partial charge in [0.2, 0.25) is 0 Å². The molecule has 1 aliphatic rings. The van der Waals surface area contributed by atoms with Crippen LogP contribution >= 0.6 is 11.6 Å². The summed E-state index contributed by atoms with van der Waals surface area (Å²) in [5, 5.41) is 0.655. The molecule has 2 N–H and O–H groups in total. The van der Waals surface area contributed by atoms with Gasteiger partial charge in [0.05, 0.1) is 23.8 Å². The molecule has 0 spiro atoms. The Morgan fingerprint density at radius 1 is 1.59 bits per heavy atom. The minimum atomic E-state index is -0.0842. The van der Waals surface area contributed by atoms with Gasteiger partial charge in [-0.2, -0.15) is 0 Å². The maximum Gasteiger partial charge on any atom is 0.147 e. The minimum Gasteiger partial charge on any atom is -0.377 e. The van der Waals surface area contributed by atoms with E-state index in [9.17, 15) is 0 Å². The van der Waals surface area contributed by atoms with Gasteiger partial charge in [0.1, 0.15) is 5.82 Å². The number of morpholine rings is 1. The third kappa shape index (κ3) is 2.54. The molecule has 0 radical (unpaired) electrons. The molecule has 94 valence electrons. The van der Waals surface area contributed by atoms with Crippen LogP contribution in [0.25, 0.3) is 0 Å². The van der Waals surface area contributed by atoms with Crippen LogP contribution in [-0.2, 0) is 11.3 Å². The third-order valence-electron chi connectivity index (χ3n) is 3.01. The second-order valence-corrected chi connectivity index (χ2v) is 5.28. The van der Waals surface area contributed by atoms with Crippen LogP contribution in [0.4, 0.5) is 5.82 Å². The highest BCUT2D eigenvalue weighted by molar-refractivity contribution is 6.33. The lowest BCUT2D eigenvalue weighted by Crippen LogP contribution is -2.53. The van der Waals surface area contributed by atoms with Crippen LogP contribution in [0.2, 0.25) is 5.02 Å². The first-order chi connectivity index (χ1) is 8.04. The zero-order valence-electron chi connectivity index (χ0n) is 10.2. The van der Waals surface area contributed by atoms with Gasteiger partial charge in [0.15, 0.2) is 0 Å². The van der Waals surface area contributed by atoms with E-state index in [4.69, 9.17) is 22.1 Å². The SMILES string of the molecule is CC1(C)COCCN1c1ncc(CN)cc1Cl. The molecule has 1 saturated heterocycles. The van der Waals surface area contributed by atoms with Crippen molar-refractivity contribution in [2.24, 2.45) is 5.73 Å². The second kappa shape index (κ2) is 4.80. The summed E-state index contributed by atoms with van der Waals surface area (Å²) < 4.78 is 5.49. The zero-order valence-corrected chi connectivity index (χ0v) is 11.0. The summed E-state index contributed by atoms with van der Waals surface area (Å²) in [6.07, 6.45) is 1.78. The van der Waals surface area contributed by atoms with E-state index in [0.717, 1.165) is 17.9 Å². The third-order valence-corrected chi connectivity index (χ3v) is 3.29. The molecule has 0 bridgehead atoms. The van der Waals surface area contributed by atoms with E-state index < -0.39 is 0 Å². The van der Waals surface area contributed by atoms with Crippen molar-refractivity contribution in [2.75, 3.05) is 24.7 Å². The van der Waals surface area contributed by atoms with Gasteiger partial charge in [-0.1, -0.05) is 11.6 Å². The number of pyridine rings is 1. The van der Waals surface area contributed by atoms with E-state index in [2.05, 4.69) is 23.7 Å². The van der Waals surface area contributed by atoms with Gasteiger partial charge in [-0.15, -0.1) is 0 Å². The van der Waals surface area contributed by atoms with E-state index >= 15 is 0 Å². The van der Waals surface area contributed by atoms with Gasteiger partial charge < -0.3 is 15.4 Å². The van der Waals surface area contributed by atoms with Gasteiger partial charge in [-0.3, -0.25) is 0 Å². The number of halogens is 1. The summed E-state index contributed by atoms with van der Waals surface area (Å²) in [6, 6.07) is 1.88. The van der Waals surface area contributed by atoms with Crippen LogP contribution in [0.15, 0.2) is 12.3 Å². The normalized spacial score (nSPS) is 19.4. The van der Waals surface area contributed by atoms with Gasteiger partial charge in [-0.05, 0) is 25.5 Å². The maximum absolute atomic E-state index is 6.27. The molecule has 1 aliphatic heterocycles. The zero-order chi connectivity index (χ0) is 12.5. The standard InChI is InChI=1S/C12H18ClN3O/c1-12(2)8-17-4-3-16(12)11-10(13)5-9(6-14)7-15-11/h5,7H,3-4,6,8,14H2,1-2H3. The largest absolute Gasteiger partial charge is 0.377 e. The first-order valence-electron chi connectivity index (χ1n) is 5.74. The molecule has 2 heterocycles. The highest BCUT2D eigenvalue weighted by Crippen LogP contribution is 2.31. The van der Waals surface area contributed by atoms with Gasteiger partial charge in [-0.25, -0.2) is 4.98 Å². The molecule has 1 fully saturated rings. The van der Waals surface area contributed by atoms with Crippen molar-refractivity contribution in [1.82, 2.24) is 4.98 Å². The molecule has 17 heavy (non-hydrogen) atoms. The summed E-state index contributed by atoms with van der Waals surface area (Å²) in [5.74, 6) is 0.817. The summed E-state index contributed by atoms with van der Waals surface area (Å²) in [4.78, 5) is 6.62. The molecule has 4 nitrogen and oxygen atoms in total. The lowest BCUT2D eigenvalue weighted by atomic mass is 10.0. The van der Waals surface area contributed by atoms with Crippen LogP contribution in [0.3, 0.4) is 0 Å². The Kier molecular flexibility index (Phi) is 3.56. The minimum absolute atomic E-state index is 0.0842. The monoisotopic (exact) mass is 255 g/mol. The number of aromatic nitrogens is 1. The van der Waals surface area contributed by atoms with Crippen LogP contribution in [0, 0.1) is 0 Å². The predicted molar refractivity (Wildman–Crippen MR) is 69.4 cm³/mol. The molecule has 1 aromatic heterocycles. The molecule has 0 unspecified atom stereocenters. The fourth-order valence-electron chi connectivity index (χ4n) is 2.03. The molecule has 0 amide bonds. The Morgan fingerprint density at radius 3 is 2.94 bits per heavy atom. The van der Waals surface area contributed by atoms with Crippen molar-refractivity contribution in [3.63, 3.8) is 0 Å². The van der Waals surface area contributed by atoms with Crippen LogP contribution in [0.1, 0.15) is 19.4 Å². The van der Waals surface area contributed by atoms with Crippen molar-refractivity contribution < 1.29 is 4.74 Å². The summed E-state index contributed by atoms with van der Waals surface area (Å²) >= 11 is 6.27. The average Bonchev–Trinajstić information content (AvgIpc) is 2.29. The van der Waals surface area contributed by atoms with Crippen LogP contribution in [-0.4, -0.2) is 30.3 Å². The van der Waals surface area contributed by atoms with Crippen molar-refractivity contribution in [2.45, 2.75) is 25.9 Å². The number of hydrogen-bond acceptors (Lipinski definition) is 4. The molecular formula is C12H18ClN3O. The van der Waals surface area contributed by atoms with Crippen molar-refractivity contribution in [1.29, 1.82) is 0 Å². The molecule has 5 heteroatoms. The topological polar surface area (TPSA) is 51.4 Å². The lowest BCUT2D eigenvalue weighted by molar-refractivity contribution is 0.0639. The summed E-state index contributed by atoms with van der Waals surface area (Å²) in [7, 11) is 0. The molecule has 0 saturated carbocycles. The molecule has 2 rings (SSSR count). The molecule has 0 aliphatic carbocycles. The highest BCUT2D eigenvalue weighted by Gasteiger charge is 2.32. The Morgan fingerprint density at radius 2 is 2.35 bits per heavy atom. The quantitative estimate of drug-likeness (QED) is 0.876. The van der Waals surface area contributed by atoms with Gasteiger partial charge in [0.25, 0.3) is 0 Å². The van der Waals surface area contributed by atoms with Crippen LogP contribution < -0.4 is 10.6 Å². The van der Waals surface area contributed by atoms with E-state index in [1.807, 2.05) is 6.07 Å². The second-order valence-electron chi connectivity index (χ2n) is 4.87. The Bertz CT molecular complexity index is 409. The predicted octanol–water partition coefficient (Wildman–Crippen LogP) is 1.81. The number of anilines is 1. The lowest BCUT2D eigenvalue weighted by Gasteiger charge is -2.43. The molecular weight excluding hydrogens is 238 g/mol. The van der Waals surface area contributed by atoms with Crippen molar-refractivity contribution in [3.8, 4) is 0 Å². The van der Waals surface area contributed by atoms with E-state index in [1.54, 1.807) is 6.20 Å². The fourth-order valence-corrected chi connectivity index (χ4v) is 2.32. The maximum atomic E-state index is 6.27.